The van der Waals surface area contributed by atoms with E-state index < -0.39 is 10.9 Å². The Labute approximate surface area is 114 Å². The van der Waals surface area contributed by atoms with E-state index in [0.717, 1.165) is 11.1 Å². The largest absolute Gasteiger partial charge is 0.465 e. The lowest BCUT2D eigenvalue weighted by atomic mass is 10.0. The maximum absolute atomic E-state index is 11.3. The Balaban J connectivity index is 2.35. The molecule has 6 heteroatoms. The zero-order valence-corrected chi connectivity index (χ0v) is 10.7. The Morgan fingerprint density at radius 2 is 1.75 bits per heavy atom. The van der Waals surface area contributed by atoms with Gasteiger partial charge in [-0.2, -0.15) is 0 Å². The van der Waals surface area contributed by atoms with E-state index in [1.165, 1.54) is 19.2 Å². The average molecular weight is 272 g/mol. The summed E-state index contributed by atoms with van der Waals surface area (Å²) >= 11 is 0. The zero-order valence-electron chi connectivity index (χ0n) is 10.7. The van der Waals surface area contributed by atoms with Crippen LogP contribution >= 0.6 is 0 Å². The van der Waals surface area contributed by atoms with Crippen molar-refractivity contribution in [2.75, 3.05) is 12.8 Å². The number of nitro benzene ring substituents is 1. The molecule has 0 saturated heterocycles. The Hall–Kier alpha value is -2.89. The second-order valence-corrected chi connectivity index (χ2v) is 4.10. The van der Waals surface area contributed by atoms with Crippen molar-refractivity contribution in [1.29, 1.82) is 0 Å². The molecule has 0 unspecified atom stereocenters. The van der Waals surface area contributed by atoms with E-state index >= 15 is 0 Å². The number of hydrogen-bond acceptors (Lipinski definition) is 5. The molecule has 0 heterocycles. The molecule has 2 rings (SSSR count). The Morgan fingerprint density at radius 1 is 1.15 bits per heavy atom. The molecule has 0 atom stereocenters. The molecule has 0 saturated carbocycles. The Kier molecular flexibility index (Phi) is 3.65. The van der Waals surface area contributed by atoms with Crippen LogP contribution in [0.25, 0.3) is 11.1 Å². The molecule has 0 fully saturated rings. The van der Waals surface area contributed by atoms with Crippen LogP contribution in [0.15, 0.2) is 42.5 Å². The minimum atomic E-state index is -0.528. The maximum atomic E-state index is 11.3. The van der Waals surface area contributed by atoms with Gasteiger partial charge >= 0.3 is 5.97 Å². The summed E-state index contributed by atoms with van der Waals surface area (Å²) in [6, 6.07) is 11.2. The SMILES string of the molecule is COC(=O)c1ccc(-c2ccc([N+](=O)[O-])c(N)c2)cc1. The Morgan fingerprint density at radius 3 is 2.25 bits per heavy atom. The van der Waals surface area contributed by atoms with Gasteiger partial charge in [-0.3, -0.25) is 10.1 Å². The number of nitrogens with two attached hydrogens (primary N) is 1. The number of nitro groups is 1. The molecule has 0 spiro atoms. The first kappa shape index (κ1) is 13.5. The van der Waals surface area contributed by atoms with Crippen molar-refractivity contribution in [1.82, 2.24) is 0 Å². The van der Waals surface area contributed by atoms with Crippen molar-refractivity contribution in [2.24, 2.45) is 0 Å². The molecule has 0 amide bonds. The number of anilines is 1. The van der Waals surface area contributed by atoms with Gasteiger partial charge in [0.2, 0.25) is 0 Å². The molecule has 102 valence electrons. The molecule has 6 nitrogen and oxygen atoms in total. The van der Waals surface area contributed by atoms with E-state index in [9.17, 15) is 14.9 Å². The predicted octanol–water partition coefficient (Wildman–Crippen LogP) is 2.63. The lowest BCUT2D eigenvalue weighted by Gasteiger charge is -2.05. The number of carbonyl (C=O) groups excluding carboxylic acids is 1. The third-order valence-corrected chi connectivity index (χ3v) is 2.86. The maximum Gasteiger partial charge on any atom is 0.337 e. The fourth-order valence-electron chi connectivity index (χ4n) is 1.82. The van der Waals surface area contributed by atoms with Crippen molar-refractivity contribution in [2.45, 2.75) is 0 Å². The van der Waals surface area contributed by atoms with Gasteiger partial charge in [0.1, 0.15) is 5.69 Å². The van der Waals surface area contributed by atoms with Crippen LogP contribution < -0.4 is 5.73 Å². The number of carbonyl (C=O) groups is 1. The number of methoxy groups -OCH3 is 1. The number of ether oxygens (including phenoxy) is 1. The molecule has 2 aromatic carbocycles. The lowest BCUT2D eigenvalue weighted by molar-refractivity contribution is -0.383. The van der Waals surface area contributed by atoms with E-state index in [-0.39, 0.29) is 11.4 Å². The van der Waals surface area contributed by atoms with Crippen LogP contribution in [-0.2, 0) is 4.74 Å². The summed E-state index contributed by atoms with van der Waals surface area (Å²) in [5.41, 5.74) is 7.60. The zero-order chi connectivity index (χ0) is 14.7. The van der Waals surface area contributed by atoms with Gasteiger partial charge in [-0.1, -0.05) is 12.1 Å². The molecule has 0 aliphatic heterocycles. The smallest absolute Gasteiger partial charge is 0.337 e. The summed E-state index contributed by atoms with van der Waals surface area (Å²) in [6.07, 6.45) is 0. The minimum absolute atomic E-state index is 0.101. The monoisotopic (exact) mass is 272 g/mol. The van der Waals surface area contributed by atoms with Gasteiger partial charge < -0.3 is 10.5 Å². The summed E-state index contributed by atoms with van der Waals surface area (Å²) < 4.78 is 4.61. The highest BCUT2D eigenvalue weighted by molar-refractivity contribution is 5.90. The van der Waals surface area contributed by atoms with Crippen LogP contribution in [-0.4, -0.2) is 18.0 Å². The molecule has 0 aliphatic rings. The van der Waals surface area contributed by atoms with E-state index in [1.807, 2.05) is 0 Å². The second-order valence-electron chi connectivity index (χ2n) is 4.10. The van der Waals surface area contributed by atoms with Crippen LogP contribution in [0.5, 0.6) is 0 Å². The van der Waals surface area contributed by atoms with Crippen molar-refractivity contribution < 1.29 is 14.5 Å². The fourth-order valence-corrected chi connectivity index (χ4v) is 1.82. The predicted molar refractivity (Wildman–Crippen MR) is 74.3 cm³/mol. The third kappa shape index (κ3) is 2.59. The van der Waals surface area contributed by atoms with Crippen molar-refractivity contribution in [3.05, 3.63) is 58.1 Å². The normalized spacial score (nSPS) is 10.1. The van der Waals surface area contributed by atoms with Gasteiger partial charge in [0.25, 0.3) is 5.69 Å². The standard InChI is InChI=1S/C14H12N2O4/c1-20-14(17)10-4-2-9(3-5-10)11-6-7-13(16(18)19)12(15)8-11/h2-8H,15H2,1H3. The van der Waals surface area contributed by atoms with Crippen molar-refractivity contribution in [3.8, 4) is 11.1 Å². The summed E-state index contributed by atoms with van der Waals surface area (Å²) in [7, 11) is 1.31. The van der Waals surface area contributed by atoms with E-state index in [2.05, 4.69) is 4.74 Å². The van der Waals surface area contributed by atoms with E-state index in [0.29, 0.717) is 5.56 Å². The first-order valence-corrected chi connectivity index (χ1v) is 5.75. The third-order valence-electron chi connectivity index (χ3n) is 2.86. The fraction of sp³-hybridized carbons (Fsp3) is 0.0714. The molecule has 0 aromatic heterocycles. The number of esters is 1. The molecule has 2 N–H and O–H groups in total. The molecule has 0 aliphatic carbocycles. The van der Waals surface area contributed by atoms with Crippen LogP contribution in [0.2, 0.25) is 0 Å². The highest BCUT2D eigenvalue weighted by atomic mass is 16.6. The van der Waals surface area contributed by atoms with Gasteiger partial charge in [-0.15, -0.1) is 0 Å². The van der Waals surface area contributed by atoms with Gasteiger partial charge in [-0.25, -0.2) is 4.79 Å². The minimum Gasteiger partial charge on any atom is -0.465 e. The highest BCUT2D eigenvalue weighted by Gasteiger charge is 2.12. The van der Waals surface area contributed by atoms with Crippen LogP contribution in [0.4, 0.5) is 11.4 Å². The molecule has 0 bridgehead atoms. The van der Waals surface area contributed by atoms with Crippen molar-refractivity contribution in [3.63, 3.8) is 0 Å². The highest BCUT2D eigenvalue weighted by Crippen LogP contribution is 2.28. The van der Waals surface area contributed by atoms with Crippen molar-refractivity contribution >= 4 is 17.3 Å². The van der Waals surface area contributed by atoms with E-state index in [1.54, 1.807) is 30.3 Å². The topological polar surface area (TPSA) is 95.5 Å². The van der Waals surface area contributed by atoms with Gasteiger partial charge in [-0.05, 0) is 35.4 Å². The number of nitrogen functional groups attached to an aromatic ring is 1. The van der Waals surface area contributed by atoms with E-state index in [4.69, 9.17) is 5.73 Å². The van der Waals surface area contributed by atoms with Gasteiger partial charge in [0, 0.05) is 6.07 Å². The first-order chi connectivity index (χ1) is 9.52. The van der Waals surface area contributed by atoms with Crippen LogP contribution in [0, 0.1) is 10.1 Å². The molecule has 0 radical (unpaired) electrons. The number of hydrogen-bond donors (Lipinski definition) is 1. The lowest BCUT2D eigenvalue weighted by Crippen LogP contribution is -2.00. The molecular weight excluding hydrogens is 260 g/mol. The van der Waals surface area contributed by atoms with Crippen LogP contribution in [0.3, 0.4) is 0 Å². The molecule has 20 heavy (non-hydrogen) atoms. The summed E-state index contributed by atoms with van der Waals surface area (Å²) in [5.74, 6) is -0.417. The second kappa shape index (κ2) is 5.40. The number of nitrogens with zero attached hydrogens (tertiary/aromatic N) is 1. The molecule has 2 aromatic rings. The first-order valence-electron chi connectivity index (χ1n) is 5.75. The number of benzene rings is 2. The van der Waals surface area contributed by atoms with Gasteiger partial charge in [0.05, 0.1) is 17.6 Å². The van der Waals surface area contributed by atoms with Gasteiger partial charge in [0.15, 0.2) is 0 Å². The quantitative estimate of drug-likeness (QED) is 0.401. The Bertz CT molecular complexity index is 665. The molecular formula is C14H12N2O4. The number of rotatable bonds is 3. The van der Waals surface area contributed by atoms with Crippen LogP contribution in [0.1, 0.15) is 10.4 Å². The summed E-state index contributed by atoms with van der Waals surface area (Å²) in [4.78, 5) is 21.5. The summed E-state index contributed by atoms with van der Waals surface area (Å²) in [5, 5.41) is 10.7. The summed E-state index contributed by atoms with van der Waals surface area (Å²) in [6.45, 7) is 0. The average Bonchev–Trinajstić information content (AvgIpc) is 2.46.